The highest BCUT2D eigenvalue weighted by molar-refractivity contribution is 6.31. The Kier molecular flexibility index (Phi) is 4.86. The number of benzene rings is 1. The van der Waals surface area contributed by atoms with Crippen LogP contribution in [0.1, 0.15) is 45.8 Å². The molecule has 1 aliphatic heterocycles. The van der Waals surface area contributed by atoms with Crippen molar-refractivity contribution in [1.29, 1.82) is 0 Å². The van der Waals surface area contributed by atoms with Gasteiger partial charge in [-0.1, -0.05) is 11.6 Å². The van der Waals surface area contributed by atoms with Gasteiger partial charge in [0.05, 0.1) is 47.4 Å². The van der Waals surface area contributed by atoms with Crippen molar-refractivity contribution in [1.82, 2.24) is 19.5 Å². The lowest BCUT2D eigenvalue weighted by atomic mass is 9.82. The summed E-state index contributed by atoms with van der Waals surface area (Å²) in [5.74, 6) is -0.0545. The number of carbonyl (C=O) groups excluding carboxylic acids is 1. The molecule has 31 heavy (non-hydrogen) atoms. The highest BCUT2D eigenvalue weighted by atomic mass is 35.5. The number of nitrogens with two attached hydrogens (primary N) is 1. The van der Waals surface area contributed by atoms with Gasteiger partial charge in [0.25, 0.3) is 5.91 Å². The van der Waals surface area contributed by atoms with Crippen LogP contribution in [-0.2, 0) is 13.1 Å². The zero-order valence-electron chi connectivity index (χ0n) is 17.4. The Labute approximate surface area is 183 Å². The molecule has 0 unspecified atom stereocenters. The lowest BCUT2D eigenvalue weighted by Gasteiger charge is -2.32. The van der Waals surface area contributed by atoms with Gasteiger partial charge >= 0.3 is 0 Å². The molecular formula is C22H23ClFN5O2. The zero-order valence-corrected chi connectivity index (χ0v) is 18.1. The minimum absolute atomic E-state index is 0.209. The van der Waals surface area contributed by atoms with Crippen molar-refractivity contribution in [3.63, 3.8) is 0 Å². The minimum atomic E-state index is -0.439. The van der Waals surface area contributed by atoms with Gasteiger partial charge in [0.1, 0.15) is 11.6 Å². The first kappa shape index (κ1) is 20.2. The predicted molar refractivity (Wildman–Crippen MR) is 114 cm³/mol. The van der Waals surface area contributed by atoms with Crippen molar-refractivity contribution in [2.45, 2.75) is 45.8 Å². The Morgan fingerprint density at radius 2 is 2.10 bits per heavy atom. The third kappa shape index (κ3) is 3.43. The lowest BCUT2D eigenvalue weighted by molar-refractivity contribution is 0.0741. The molecule has 0 bridgehead atoms. The second-order valence-corrected chi connectivity index (χ2v) is 8.85. The van der Waals surface area contributed by atoms with Crippen LogP contribution in [0.3, 0.4) is 0 Å². The second-order valence-electron chi connectivity index (χ2n) is 8.47. The first-order chi connectivity index (χ1) is 14.8. The molecule has 2 aromatic heterocycles. The van der Waals surface area contributed by atoms with Crippen molar-refractivity contribution >= 4 is 23.2 Å². The number of aromatic nitrogens is 3. The van der Waals surface area contributed by atoms with Crippen LogP contribution in [0, 0.1) is 25.6 Å². The molecule has 0 radical (unpaired) electrons. The fourth-order valence-corrected chi connectivity index (χ4v) is 4.47. The molecule has 7 nitrogen and oxygen atoms in total. The standard InChI is InChI=1S/C22H23ClFN5O2/c1-11-20(23)12(2)29-21(26-11)17-8-28(9-18(17)27-29)22(30)16-4-3-14(24)7-19(16)31-10-13-5-15(25)6-13/h3-4,7,13,15H,5-6,8-10,25H2,1-2H3. The molecule has 1 amide bonds. The number of halogens is 2. The number of ether oxygens (including phenoxy) is 1. The van der Waals surface area contributed by atoms with Crippen molar-refractivity contribution in [3.05, 3.63) is 57.2 Å². The Bertz CT molecular complexity index is 1200. The molecule has 0 saturated heterocycles. The van der Waals surface area contributed by atoms with E-state index in [1.165, 1.54) is 18.2 Å². The summed E-state index contributed by atoms with van der Waals surface area (Å²) < 4.78 is 21.4. The quantitative estimate of drug-likeness (QED) is 0.667. The molecule has 1 saturated carbocycles. The molecule has 162 valence electrons. The maximum atomic E-state index is 13.9. The van der Waals surface area contributed by atoms with Gasteiger partial charge in [0.2, 0.25) is 0 Å². The van der Waals surface area contributed by atoms with E-state index >= 15 is 0 Å². The third-order valence-corrected chi connectivity index (χ3v) is 6.71. The largest absolute Gasteiger partial charge is 0.492 e. The molecule has 2 aliphatic rings. The molecule has 3 heterocycles. The van der Waals surface area contributed by atoms with Crippen molar-refractivity contribution in [2.24, 2.45) is 11.7 Å². The molecule has 1 aromatic carbocycles. The summed E-state index contributed by atoms with van der Waals surface area (Å²) in [6.07, 6.45) is 1.77. The first-order valence-electron chi connectivity index (χ1n) is 10.3. The van der Waals surface area contributed by atoms with Crippen LogP contribution < -0.4 is 10.5 Å². The molecule has 0 atom stereocenters. The van der Waals surface area contributed by atoms with Crippen LogP contribution in [-0.4, -0.2) is 38.1 Å². The van der Waals surface area contributed by atoms with Gasteiger partial charge < -0.3 is 15.4 Å². The van der Waals surface area contributed by atoms with E-state index in [1.807, 2.05) is 13.8 Å². The second kappa shape index (κ2) is 7.46. The van der Waals surface area contributed by atoms with Gasteiger partial charge in [0, 0.05) is 17.7 Å². The molecule has 0 spiro atoms. The van der Waals surface area contributed by atoms with E-state index in [-0.39, 0.29) is 17.7 Å². The van der Waals surface area contributed by atoms with Crippen LogP contribution in [0.15, 0.2) is 18.2 Å². The molecule has 3 aromatic rings. The highest BCUT2D eigenvalue weighted by Crippen LogP contribution is 2.32. The van der Waals surface area contributed by atoms with Gasteiger partial charge in [-0.3, -0.25) is 4.79 Å². The minimum Gasteiger partial charge on any atom is -0.492 e. The smallest absolute Gasteiger partial charge is 0.258 e. The van der Waals surface area contributed by atoms with Crippen LogP contribution in [0.25, 0.3) is 5.65 Å². The molecule has 1 aliphatic carbocycles. The first-order valence-corrected chi connectivity index (χ1v) is 10.7. The average Bonchev–Trinajstić information content (AvgIpc) is 3.27. The number of rotatable bonds is 4. The highest BCUT2D eigenvalue weighted by Gasteiger charge is 2.32. The number of hydrogen-bond acceptors (Lipinski definition) is 5. The zero-order chi connectivity index (χ0) is 21.9. The summed E-state index contributed by atoms with van der Waals surface area (Å²) >= 11 is 6.30. The van der Waals surface area contributed by atoms with Crippen LogP contribution in [0.5, 0.6) is 5.75 Å². The van der Waals surface area contributed by atoms with E-state index in [0.717, 1.165) is 35.5 Å². The molecular weight excluding hydrogens is 421 g/mol. The maximum absolute atomic E-state index is 13.9. The third-order valence-electron chi connectivity index (χ3n) is 6.16. The monoisotopic (exact) mass is 443 g/mol. The summed E-state index contributed by atoms with van der Waals surface area (Å²) in [5, 5.41) is 5.20. The fraction of sp³-hybridized carbons (Fsp3) is 0.409. The molecule has 1 fully saturated rings. The number of nitrogens with zero attached hydrogens (tertiary/aromatic N) is 4. The van der Waals surface area contributed by atoms with E-state index in [1.54, 1.807) is 9.42 Å². The maximum Gasteiger partial charge on any atom is 0.258 e. The Morgan fingerprint density at radius 3 is 2.84 bits per heavy atom. The predicted octanol–water partition coefficient (Wildman–Crippen LogP) is 3.41. The molecule has 9 heteroatoms. The van der Waals surface area contributed by atoms with E-state index in [4.69, 9.17) is 22.1 Å². The summed E-state index contributed by atoms with van der Waals surface area (Å²) in [7, 11) is 0. The molecule has 5 rings (SSSR count). The number of fused-ring (bicyclic) bond motifs is 3. The normalized spacial score (nSPS) is 20.1. The van der Waals surface area contributed by atoms with Crippen LogP contribution >= 0.6 is 11.6 Å². The van der Waals surface area contributed by atoms with E-state index in [9.17, 15) is 9.18 Å². The van der Waals surface area contributed by atoms with Crippen molar-refractivity contribution in [3.8, 4) is 5.75 Å². The number of aryl methyl sites for hydroxylation is 2. The summed E-state index contributed by atoms with van der Waals surface area (Å²) in [6, 6.07) is 4.24. The topological polar surface area (TPSA) is 85.8 Å². The van der Waals surface area contributed by atoms with Crippen molar-refractivity contribution in [2.75, 3.05) is 6.61 Å². The summed E-state index contributed by atoms with van der Waals surface area (Å²) in [5.41, 5.74) is 10.1. The number of amides is 1. The number of hydrogen-bond donors (Lipinski definition) is 1. The lowest BCUT2D eigenvalue weighted by Crippen LogP contribution is -2.39. The summed E-state index contributed by atoms with van der Waals surface area (Å²) in [4.78, 5) is 19.5. The van der Waals surface area contributed by atoms with Gasteiger partial charge in [-0.05, 0) is 44.7 Å². The fourth-order valence-electron chi connectivity index (χ4n) is 4.35. The average molecular weight is 444 g/mol. The van der Waals surface area contributed by atoms with Crippen molar-refractivity contribution < 1.29 is 13.9 Å². The van der Waals surface area contributed by atoms with Gasteiger partial charge in [-0.2, -0.15) is 5.10 Å². The Balaban J connectivity index is 1.39. The SMILES string of the molecule is Cc1nc2c3c(nn2c(C)c1Cl)CN(C(=O)c1ccc(F)cc1OCC1CC(N)C1)C3. The van der Waals surface area contributed by atoms with E-state index in [2.05, 4.69) is 10.1 Å². The molecule has 2 N–H and O–H groups in total. The summed E-state index contributed by atoms with van der Waals surface area (Å²) in [6.45, 7) is 4.89. The van der Waals surface area contributed by atoms with Gasteiger partial charge in [0.15, 0.2) is 5.65 Å². The number of carbonyl (C=O) groups is 1. The van der Waals surface area contributed by atoms with Crippen LogP contribution in [0.2, 0.25) is 5.02 Å². The Hall–Kier alpha value is -2.71. The van der Waals surface area contributed by atoms with E-state index < -0.39 is 5.82 Å². The van der Waals surface area contributed by atoms with Crippen LogP contribution in [0.4, 0.5) is 4.39 Å². The van der Waals surface area contributed by atoms with Gasteiger partial charge in [-0.25, -0.2) is 13.9 Å². The van der Waals surface area contributed by atoms with Gasteiger partial charge in [-0.15, -0.1) is 0 Å². The van der Waals surface area contributed by atoms with E-state index in [0.29, 0.717) is 41.8 Å². The Morgan fingerprint density at radius 1 is 1.32 bits per heavy atom.